The molecule has 1 fully saturated rings. The van der Waals surface area contributed by atoms with Crippen LogP contribution in [0.25, 0.3) is 0 Å². The number of nitrogens with one attached hydrogen (secondary N) is 1. The third kappa shape index (κ3) is 5.10. The molecule has 0 unspecified atom stereocenters. The van der Waals surface area contributed by atoms with Gasteiger partial charge in [0.15, 0.2) is 0 Å². The number of aromatic carboxylic acids is 1. The number of carbonyl (C=O) groups is 3. The van der Waals surface area contributed by atoms with Crippen LogP contribution in [0, 0.1) is 0 Å². The molecule has 1 aromatic heterocycles. The van der Waals surface area contributed by atoms with Gasteiger partial charge in [0.1, 0.15) is 17.1 Å². The molecule has 0 atom stereocenters. The fourth-order valence-electron chi connectivity index (χ4n) is 3.34. The Morgan fingerprint density at radius 1 is 1.10 bits per heavy atom. The minimum atomic E-state index is -1.18. The quantitative estimate of drug-likeness (QED) is 0.769. The summed E-state index contributed by atoms with van der Waals surface area (Å²) in [7, 11) is 1.58. The summed E-state index contributed by atoms with van der Waals surface area (Å²) < 4.78 is 5.30. The molecule has 1 saturated heterocycles. The molecule has 0 aliphatic carbocycles. The summed E-state index contributed by atoms with van der Waals surface area (Å²) in [5.74, 6) is -0.873. The maximum absolute atomic E-state index is 12.6. The second-order valence-corrected chi connectivity index (χ2v) is 6.83. The van der Waals surface area contributed by atoms with Gasteiger partial charge in [0.25, 0.3) is 5.91 Å². The highest BCUT2D eigenvalue weighted by molar-refractivity contribution is 5.94. The largest absolute Gasteiger partial charge is 0.496 e. The Morgan fingerprint density at radius 2 is 1.79 bits per heavy atom. The van der Waals surface area contributed by atoms with Gasteiger partial charge in [-0.3, -0.25) is 9.59 Å². The number of aromatic nitrogens is 1. The maximum atomic E-state index is 12.6. The minimum Gasteiger partial charge on any atom is -0.496 e. The Bertz CT molecular complexity index is 907. The molecule has 2 N–H and O–H groups in total. The molecular weight excluding hydrogens is 374 g/mol. The third-order valence-electron chi connectivity index (χ3n) is 4.92. The fraction of sp³-hybridized carbons (Fsp3) is 0.333. The maximum Gasteiger partial charge on any atom is 0.354 e. The zero-order valence-electron chi connectivity index (χ0n) is 16.1. The number of likely N-dealkylation sites (tertiary alicyclic amines) is 1. The van der Waals surface area contributed by atoms with Crippen LogP contribution in [-0.2, 0) is 11.2 Å². The van der Waals surface area contributed by atoms with Crippen LogP contribution < -0.4 is 10.1 Å². The highest BCUT2D eigenvalue weighted by Crippen LogP contribution is 2.20. The van der Waals surface area contributed by atoms with Gasteiger partial charge in [0, 0.05) is 24.7 Å². The number of nitrogens with zero attached hydrogens (tertiary/aromatic N) is 2. The van der Waals surface area contributed by atoms with E-state index in [1.54, 1.807) is 12.0 Å². The van der Waals surface area contributed by atoms with Crippen LogP contribution in [0.15, 0.2) is 42.5 Å². The van der Waals surface area contributed by atoms with Crippen molar-refractivity contribution >= 4 is 17.8 Å². The Labute approximate surface area is 168 Å². The number of ether oxygens (including phenoxy) is 1. The van der Waals surface area contributed by atoms with Crippen LogP contribution in [0.3, 0.4) is 0 Å². The van der Waals surface area contributed by atoms with Gasteiger partial charge in [-0.2, -0.15) is 0 Å². The van der Waals surface area contributed by atoms with Crippen molar-refractivity contribution < 1.29 is 24.2 Å². The molecule has 29 heavy (non-hydrogen) atoms. The molecule has 0 bridgehead atoms. The molecule has 1 aliphatic rings. The Balaban J connectivity index is 1.52. The molecule has 1 aromatic carbocycles. The van der Waals surface area contributed by atoms with Gasteiger partial charge in [-0.15, -0.1) is 0 Å². The molecule has 2 aromatic rings. The van der Waals surface area contributed by atoms with Crippen molar-refractivity contribution in [2.75, 3.05) is 20.2 Å². The van der Waals surface area contributed by atoms with Gasteiger partial charge in [-0.05, 0) is 31.0 Å². The molecule has 3 rings (SSSR count). The molecule has 8 nitrogen and oxygen atoms in total. The number of piperidine rings is 1. The van der Waals surface area contributed by atoms with E-state index in [-0.39, 0.29) is 29.8 Å². The highest BCUT2D eigenvalue weighted by atomic mass is 16.5. The summed E-state index contributed by atoms with van der Waals surface area (Å²) in [6.07, 6.45) is 1.52. The van der Waals surface area contributed by atoms with E-state index in [4.69, 9.17) is 9.84 Å². The van der Waals surface area contributed by atoms with Crippen molar-refractivity contribution in [2.24, 2.45) is 0 Å². The highest BCUT2D eigenvalue weighted by Gasteiger charge is 2.25. The van der Waals surface area contributed by atoms with E-state index in [2.05, 4.69) is 10.3 Å². The van der Waals surface area contributed by atoms with Crippen molar-refractivity contribution in [1.29, 1.82) is 0 Å². The minimum absolute atomic E-state index is 0.0232. The smallest absolute Gasteiger partial charge is 0.354 e. The SMILES string of the molecule is COc1ccccc1CC(=O)N1CCC(NC(=O)c2cccc(C(=O)O)n2)CC1. The third-order valence-corrected chi connectivity index (χ3v) is 4.92. The van der Waals surface area contributed by atoms with E-state index in [1.807, 2.05) is 24.3 Å². The van der Waals surface area contributed by atoms with E-state index in [0.717, 1.165) is 5.56 Å². The van der Waals surface area contributed by atoms with Crippen LogP contribution in [0.5, 0.6) is 5.75 Å². The number of benzene rings is 1. The van der Waals surface area contributed by atoms with E-state index in [1.165, 1.54) is 18.2 Å². The van der Waals surface area contributed by atoms with Crippen molar-refractivity contribution in [1.82, 2.24) is 15.2 Å². The predicted molar refractivity (Wildman–Crippen MR) is 105 cm³/mol. The average Bonchev–Trinajstić information content (AvgIpc) is 2.74. The summed E-state index contributed by atoms with van der Waals surface area (Å²) in [4.78, 5) is 41.6. The molecule has 2 heterocycles. The summed E-state index contributed by atoms with van der Waals surface area (Å²) in [6, 6.07) is 11.7. The first-order chi connectivity index (χ1) is 14.0. The van der Waals surface area contributed by atoms with Gasteiger partial charge >= 0.3 is 5.97 Å². The van der Waals surface area contributed by atoms with Crippen LogP contribution in [0.1, 0.15) is 39.4 Å². The average molecular weight is 397 g/mol. The number of carbonyl (C=O) groups excluding carboxylic acids is 2. The van der Waals surface area contributed by atoms with E-state index < -0.39 is 11.9 Å². The second kappa shape index (κ2) is 9.18. The summed E-state index contributed by atoms with van der Waals surface area (Å²) in [6.45, 7) is 1.09. The monoisotopic (exact) mass is 397 g/mol. The van der Waals surface area contributed by atoms with Crippen molar-refractivity contribution in [3.05, 3.63) is 59.4 Å². The summed E-state index contributed by atoms with van der Waals surface area (Å²) >= 11 is 0. The number of rotatable bonds is 6. The lowest BCUT2D eigenvalue weighted by molar-refractivity contribution is -0.131. The first kappa shape index (κ1) is 20.3. The second-order valence-electron chi connectivity index (χ2n) is 6.83. The zero-order valence-corrected chi connectivity index (χ0v) is 16.1. The van der Waals surface area contributed by atoms with E-state index in [9.17, 15) is 14.4 Å². The number of carboxylic acid groups (broad SMARTS) is 1. The molecule has 8 heteroatoms. The summed E-state index contributed by atoms with van der Waals surface area (Å²) in [5, 5.41) is 11.9. The van der Waals surface area contributed by atoms with Crippen molar-refractivity contribution in [2.45, 2.75) is 25.3 Å². The molecule has 0 spiro atoms. The molecule has 0 saturated carbocycles. The number of hydrogen-bond donors (Lipinski definition) is 2. The number of methoxy groups -OCH3 is 1. The number of carboxylic acids is 1. The number of para-hydroxylation sites is 1. The van der Waals surface area contributed by atoms with Crippen LogP contribution in [0.4, 0.5) is 0 Å². The van der Waals surface area contributed by atoms with Gasteiger partial charge in [-0.25, -0.2) is 9.78 Å². The Morgan fingerprint density at radius 3 is 2.48 bits per heavy atom. The lowest BCUT2D eigenvalue weighted by Crippen LogP contribution is -2.47. The molecule has 152 valence electrons. The van der Waals surface area contributed by atoms with Crippen molar-refractivity contribution in [3.63, 3.8) is 0 Å². The fourth-order valence-corrected chi connectivity index (χ4v) is 3.34. The predicted octanol–water partition coefficient (Wildman–Crippen LogP) is 1.75. The Kier molecular flexibility index (Phi) is 6.43. The van der Waals surface area contributed by atoms with Crippen LogP contribution in [0.2, 0.25) is 0 Å². The van der Waals surface area contributed by atoms with Crippen LogP contribution in [-0.4, -0.2) is 59.0 Å². The van der Waals surface area contributed by atoms with Crippen LogP contribution >= 0.6 is 0 Å². The topological polar surface area (TPSA) is 109 Å². The Hall–Kier alpha value is -3.42. The lowest BCUT2D eigenvalue weighted by atomic mass is 10.0. The molecule has 0 radical (unpaired) electrons. The first-order valence-electron chi connectivity index (χ1n) is 9.39. The molecule has 2 amide bonds. The van der Waals surface area contributed by atoms with Gasteiger partial charge < -0.3 is 20.1 Å². The zero-order chi connectivity index (χ0) is 20.8. The van der Waals surface area contributed by atoms with E-state index >= 15 is 0 Å². The van der Waals surface area contributed by atoms with Crippen molar-refractivity contribution in [3.8, 4) is 5.75 Å². The normalized spacial score (nSPS) is 14.3. The number of hydrogen-bond acceptors (Lipinski definition) is 5. The number of pyridine rings is 1. The summed E-state index contributed by atoms with van der Waals surface area (Å²) in [5.41, 5.74) is 0.744. The first-order valence-corrected chi connectivity index (χ1v) is 9.39. The van der Waals surface area contributed by atoms with E-state index in [0.29, 0.717) is 31.7 Å². The molecule has 1 aliphatic heterocycles. The number of amides is 2. The van der Waals surface area contributed by atoms with Gasteiger partial charge in [-0.1, -0.05) is 24.3 Å². The molecular formula is C21H23N3O5. The lowest BCUT2D eigenvalue weighted by Gasteiger charge is -2.32. The standard InChI is InChI=1S/C21H23N3O5/c1-29-18-8-3-2-5-14(18)13-19(25)24-11-9-15(10-12-24)22-20(26)16-6-4-7-17(23-16)21(27)28/h2-8,15H,9-13H2,1H3,(H,22,26)(H,27,28). The van der Waals surface area contributed by atoms with Gasteiger partial charge in [0.05, 0.1) is 13.5 Å². The van der Waals surface area contributed by atoms with Gasteiger partial charge in [0.2, 0.25) is 5.91 Å².